The average Bonchev–Trinajstić information content (AvgIpc) is 2.70. The zero-order chi connectivity index (χ0) is 26.5. The molecule has 0 aliphatic carbocycles. The van der Waals surface area contributed by atoms with Crippen LogP contribution in [0.3, 0.4) is 0 Å². The summed E-state index contributed by atoms with van der Waals surface area (Å²) in [4.78, 5) is 0.800. The van der Waals surface area contributed by atoms with Crippen molar-refractivity contribution >= 4 is 64.1 Å². The number of nitrogens with two attached hydrogens (primary N) is 2. The minimum atomic E-state index is -5.11. The van der Waals surface area contributed by atoms with Crippen LogP contribution in [0.5, 0.6) is 0 Å². The van der Waals surface area contributed by atoms with Crippen LogP contribution in [0, 0.1) is 18.3 Å². The molecule has 184 valence electrons. The summed E-state index contributed by atoms with van der Waals surface area (Å²) in [5, 5.41) is 15.8. The molecule has 0 saturated carbocycles. The zero-order valence-electron chi connectivity index (χ0n) is 17.3. The first-order valence-electron chi connectivity index (χ1n) is 8.86. The molecule has 0 aliphatic rings. The van der Waals surface area contributed by atoms with Gasteiger partial charge in [0.25, 0.3) is 30.4 Å². The monoisotopic (exact) mass is 542 g/mol. The van der Waals surface area contributed by atoms with Gasteiger partial charge in [-0.25, -0.2) is 4.98 Å². The Bertz CT molecular complexity index is 1810. The smallest absolute Gasteiger partial charge is 0.296 e. The van der Waals surface area contributed by atoms with E-state index in [9.17, 15) is 44.2 Å². The molecule has 15 nitrogen and oxygen atoms in total. The lowest BCUT2D eigenvalue weighted by molar-refractivity contribution is 0.480. The van der Waals surface area contributed by atoms with Gasteiger partial charge < -0.3 is 11.5 Å². The largest absolute Gasteiger partial charge is 0.383 e. The molecule has 0 fully saturated rings. The lowest BCUT2D eigenvalue weighted by Crippen LogP contribution is -2.05. The number of nitriles is 1. The van der Waals surface area contributed by atoms with Crippen LogP contribution in [-0.2, 0) is 30.4 Å². The van der Waals surface area contributed by atoms with Crippen LogP contribution in [0.4, 0.5) is 23.0 Å². The summed E-state index contributed by atoms with van der Waals surface area (Å²) in [5.74, 6) is -0.480. The SMILES string of the molecule is Cc1c(C#N)c(N)nc(N)c1N=Nc1cc2c(S(=O)(=O)O)cc(S(=O)(=O)O)cc2cc1S(=O)(=O)O. The second-order valence-electron chi connectivity index (χ2n) is 6.93. The maximum Gasteiger partial charge on any atom is 0.296 e. The Morgan fingerprint density at radius 3 is 1.97 bits per heavy atom. The number of hydrogen-bond donors (Lipinski definition) is 5. The van der Waals surface area contributed by atoms with Crippen LogP contribution in [0.1, 0.15) is 11.1 Å². The highest BCUT2D eigenvalue weighted by Gasteiger charge is 2.25. The molecule has 0 radical (unpaired) electrons. The van der Waals surface area contributed by atoms with E-state index in [0.717, 1.165) is 6.07 Å². The van der Waals surface area contributed by atoms with Crippen molar-refractivity contribution in [3.05, 3.63) is 35.4 Å². The fourth-order valence-corrected chi connectivity index (χ4v) is 5.07. The first-order chi connectivity index (χ1) is 15.9. The second-order valence-corrected chi connectivity index (χ2v) is 11.1. The molecule has 1 heterocycles. The molecule has 35 heavy (non-hydrogen) atoms. The van der Waals surface area contributed by atoms with E-state index >= 15 is 0 Å². The summed E-state index contributed by atoms with van der Waals surface area (Å²) in [5.41, 5.74) is 10.6. The van der Waals surface area contributed by atoms with Gasteiger partial charge in [-0.15, -0.1) is 10.2 Å². The Kier molecular flexibility index (Phi) is 6.28. The van der Waals surface area contributed by atoms with Crippen LogP contribution < -0.4 is 11.5 Å². The maximum absolute atomic E-state index is 12.0. The molecule has 0 aliphatic heterocycles. The lowest BCUT2D eigenvalue weighted by atomic mass is 10.1. The van der Waals surface area contributed by atoms with E-state index in [4.69, 9.17) is 11.5 Å². The van der Waals surface area contributed by atoms with Gasteiger partial charge >= 0.3 is 0 Å². The van der Waals surface area contributed by atoms with Gasteiger partial charge in [-0.2, -0.15) is 30.5 Å². The third kappa shape index (κ3) is 5.04. The van der Waals surface area contributed by atoms with E-state index in [1.165, 1.54) is 6.92 Å². The highest BCUT2D eigenvalue weighted by Crippen LogP contribution is 2.37. The van der Waals surface area contributed by atoms with Gasteiger partial charge in [0.1, 0.15) is 33.1 Å². The molecule has 18 heteroatoms. The number of nitrogens with zero attached hydrogens (tertiary/aromatic N) is 4. The molecule has 3 aromatic rings. The Hall–Kier alpha value is -3.73. The van der Waals surface area contributed by atoms with Crippen molar-refractivity contribution in [2.24, 2.45) is 10.2 Å². The van der Waals surface area contributed by atoms with Crippen molar-refractivity contribution < 1.29 is 38.9 Å². The molecular formula is C17H14N6O9S3. The van der Waals surface area contributed by atoms with Crippen LogP contribution in [0.15, 0.2) is 49.2 Å². The fourth-order valence-electron chi connectivity index (χ4n) is 3.08. The van der Waals surface area contributed by atoms with E-state index in [-0.39, 0.29) is 28.5 Å². The Morgan fingerprint density at radius 2 is 1.46 bits per heavy atom. The number of fused-ring (bicyclic) bond motifs is 1. The lowest BCUT2D eigenvalue weighted by Gasteiger charge is -2.11. The predicted octanol–water partition coefficient (Wildman–Crippen LogP) is 1.73. The predicted molar refractivity (Wildman–Crippen MR) is 120 cm³/mol. The van der Waals surface area contributed by atoms with Gasteiger partial charge in [-0.3, -0.25) is 13.7 Å². The molecule has 0 bridgehead atoms. The summed E-state index contributed by atoms with van der Waals surface area (Å²) in [7, 11) is -15.2. The van der Waals surface area contributed by atoms with Crippen molar-refractivity contribution in [3.8, 4) is 6.07 Å². The van der Waals surface area contributed by atoms with Crippen LogP contribution in [0.25, 0.3) is 10.8 Å². The number of aromatic nitrogens is 1. The second kappa shape index (κ2) is 8.49. The Morgan fingerprint density at radius 1 is 0.857 bits per heavy atom. The highest BCUT2D eigenvalue weighted by molar-refractivity contribution is 7.87. The van der Waals surface area contributed by atoms with Gasteiger partial charge in [-0.05, 0) is 36.6 Å². The summed E-state index contributed by atoms with van der Waals surface area (Å²) < 4.78 is 99.3. The number of pyridine rings is 1. The Labute approximate surface area is 198 Å². The number of azo groups is 1. The first-order valence-corrected chi connectivity index (χ1v) is 13.2. The summed E-state index contributed by atoms with van der Waals surface area (Å²) >= 11 is 0. The third-order valence-electron chi connectivity index (χ3n) is 4.66. The minimum absolute atomic E-state index is 0.0898. The summed E-state index contributed by atoms with van der Waals surface area (Å²) in [6.45, 7) is 1.40. The van der Waals surface area contributed by atoms with Crippen molar-refractivity contribution in [1.29, 1.82) is 5.26 Å². The maximum atomic E-state index is 12.0. The summed E-state index contributed by atoms with van der Waals surface area (Å²) in [6, 6.07) is 4.36. The van der Waals surface area contributed by atoms with Gasteiger partial charge in [0.15, 0.2) is 5.82 Å². The van der Waals surface area contributed by atoms with E-state index in [0.29, 0.717) is 18.2 Å². The van der Waals surface area contributed by atoms with Crippen molar-refractivity contribution in [3.63, 3.8) is 0 Å². The highest BCUT2D eigenvalue weighted by atomic mass is 32.2. The quantitative estimate of drug-likeness (QED) is 0.227. The standard InChI is InChI=1S/C17H14N6O9S3/c1-7-11(6-18)16(19)21-17(20)15(7)23-22-12-5-10-8(3-14(12)35(30,31)32)2-9(33(24,25)26)4-13(10)34(27,28)29/h2-5H,1H3,(H4,19,20,21)(H,24,25,26)(H,27,28,29)(H,30,31,32). The zero-order valence-corrected chi connectivity index (χ0v) is 19.7. The molecule has 7 N–H and O–H groups in total. The van der Waals surface area contributed by atoms with Crippen molar-refractivity contribution in [2.45, 2.75) is 21.6 Å². The van der Waals surface area contributed by atoms with Gasteiger partial charge in [0.2, 0.25) is 0 Å². The fraction of sp³-hybridized carbons (Fsp3) is 0.0588. The van der Waals surface area contributed by atoms with E-state index in [1.807, 2.05) is 0 Å². The molecule has 2 aromatic carbocycles. The van der Waals surface area contributed by atoms with E-state index in [1.54, 1.807) is 6.07 Å². The van der Waals surface area contributed by atoms with Gasteiger partial charge in [0, 0.05) is 10.9 Å². The average molecular weight is 543 g/mol. The molecule has 0 atom stereocenters. The molecule has 0 unspecified atom stereocenters. The molecule has 1 aromatic heterocycles. The van der Waals surface area contributed by atoms with Crippen LogP contribution in [0.2, 0.25) is 0 Å². The van der Waals surface area contributed by atoms with Crippen molar-refractivity contribution in [2.75, 3.05) is 11.5 Å². The topological polar surface area (TPSA) is 277 Å². The normalized spacial score (nSPS) is 12.8. The van der Waals surface area contributed by atoms with E-state index in [2.05, 4.69) is 15.2 Å². The van der Waals surface area contributed by atoms with Crippen LogP contribution in [-0.4, -0.2) is 43.9 Å². The van der Waals surface area contributed by atoms with Crippen LogP contribution >= 0.6 is 0 Å². The molecule has 3 rings (SSSR count). The van der Waals surface area contributed by atoms with E-state index < -0.39 is 61.5 Å². The van der Waals surface area contributed by atoms with Crippen molar-refractivity contribution in [1.82, 2.24) is 4.98 Å². The first kappa shape index (κ1) is 25.9. The number of anilines is 2. The number of hydrogen-bond acceptors (Lipinski definition) is 12. The molecular weight excluding hydrogens is 528 g/mol. The number of benzene rings is 2. The number of rotatable bonds is 5. The molecule has 0 saturated heterocycles. The van der Waals surface area contributed by atoms with Gasteiger partial charge in [-0.1, -0.05) is 0 Å². The summed E-state index contributed by atoms with van der Waals surface area (Å²) in [6.07, 6.45) is 0. The third-order valence-corrected chi connectivity index (χ3v) is 7.27. The van der Waals surface area contributed by atoms with Gasteiger partial charge in [0.05, 0.1) is 10.5 Å². The Balaban J connectivity index is 2.42. The minimum Gasteiger partial charge on any atom is -0.383 e. The number of nitrogen functional groups attached to an aromatic ring is 2. The molecule has 0 spiro atoms. The molecule has 0 amide bonds.